The molecule has 1 heterocycles. The van der Waals surface area contributed by atoms with Crippen molar-refractivity contribution in [2.24, 2.45) is 0 Å². The van der Waals surface area contributed by atoms with Crippen LogP contribution in [0, 0.1) is 0 Å². The minimum atomic E-state index is -4.72. The molecule has 2 rings (SSSR count). The lowest BCUT2D eigenvalue weighted by Gasteiger charge is -2.24. The second-order valence-corrected chi connectivity index (χ2v) is 7.39. The molecule has 14 heteroatoms. The number of amides is 2. The van der Waals surface area contributed by atoms with Gasteiger partial charge in [0.05, 0.1) is 6.07 Å². The monoisotopic (exact) mass is 544 g/mol. The Morgan fingerprint density at radius 3 is 2.00 bits per heavy atom. The molecule has 2 aromatic rings. The summed E-state index contributed by atoms with van der Waals surface area (Å²) in [6.45, 7) is 0.253. The highest BCUT2D eigenvalue weighted by molar-refractivity contribution is 9.10. The lowest BCUT2D eigenvalue weighted by Crippen LogP contribution is -2.36. The molecular formula is C19H19BrF6N4O3. The first-order valence-electron chi connectivity index (χ1n) is 9.46. The summed E-state index contributed by atoms with van der Waals surface area (Å²) in [5.74, 6) is -2.04. The number of aryl methyl sites for hydroxylation is 1. The molecule has 0 aliphatic carbocycles. The van der Waals surface area contributed by atoms with Crippen LogP contribution in [0.4, 0.5) is 42.8 Å². The topological polar surface area (TPSA) is 76.6 Å². The Kier molecular flexibility index (Phi) is 8.75. The Balaban J connectivity index is 2.31. The highest BCUT2D eigenvalue weighted by atomic mass is 79.9. The summed E-state index contributed by atoms with van der Waals surface area (Å²) < 4.78 is 84.6. The number of benzene rings is 1. The summed E-state index contributed by atoms with van der Waals surface area (Å²) in [6.07, 6.45) is -8.86. The molecule has 182 valence electrons. The molecule has 0 bridgehead atoms. The zero-order valence-electron chi connectivity index (χ0n) is 17.3. The molecule has 1 aromatic carbocycles. The Labute approximate surface area is 193 Å². The van der Waals surface area contributed by atoms with Gasteiger partial charge in [0.1, 0.15) is 0 Å². The standard InChI is InChI=1S/C19H19BrF6N4O3/c1-3-11-7-12(20)5-6-13(11)30(4-2)17(31)29-16-27-14(32-9-18(21,22)23)8-15(28-16)33-10-19(24,25)26/h5-8H,3-4,9-10H2,1-2H3,(H,27,28,29,31). The number of urea groups is 1. The quantitative estimate of drug-likeness (QED) is 0.429. The molecule has 0 saturated carbocycles. The maximum atomic E-state index is 12.8. The van der Waals surface area contributed by atoms with Crippen LogP contribution in [0.2, 0.25) is 0 Å². The molecule has 33 heavy (non-hydrogen) atoms. The molecule has 1 aromatic heterocycles. The third-order valence-electron chi connectivity index (χ3n) is 3.94. The molecular weight excluding hydrogens is 526 g/mol. The van der Waals surface area contributed by atoms with Crippen molar-refractivity contribution in [1.29, 1.82) is 0 Å². The normalized spacial score (nSPS) is 11.8. The summed E-state index contributed by atoms with van der Waals surface area (Å²) >= 11 is 3.35. The number of hydrogen-bond acceptors (Lipinski definition) is 5. The van der Waals surface area contributed by atoms with Crippen molar-refractivity contribution in [1.82, 2.24) is 9.97 Å². The average molecular weight is 545 g/mol. The fourth-order valence-corrected chi connectivity index (χ4v) is 3.01. The second kappa shape index (κ2) is 10.9. The van der Waals surface area contributed by atoms with Crippen LogP contribution in [0.3, 0.4) is 0 Å². The van der Waals surface area contributed by atoms with E-state index in [1.54, 1.807) is 19.1 Å². The number of rotatable bonds is 8. The van der Waals surface area contributed by atoms with Gasteiger partial charge in [-0.15, -0.1) is 0 Å². The van der Waals surface area contributed by atoms with Crippen LogP contribution < -0.4 is 19.7 Å². The van der Waals surface area contributed by atoms with E-state index >= 15 is 0 Å². The van der Waals surface area contributed by atoms with Crippen molar-refractivity contribution >= 4 is 33.6 Å². The summed E-state index contributed by atoms with van der Waals surface area (Å²) in [6, 6.07) is 5.12. The minimum absolute atomic E-state index is 0.197. The van der Waals surface area contributed by atoms with E-state index in [1.807, 2.05) is 13.0 Å². The van der Waals surface area contributed by atoms with E-state index < -0.39 is 49.3 Å². The molecule has 7 nitrogen and oxygen atoms in total. The molecule has 0 aliphatic heterocycles. The number of carbonyl (C=O) groups excluding carboxylic acids is 1. The minimum Gasteiger partial charge on any atom is -0.468 e. The number of hydrogen-bond donors (Lipinski definition) is 1. The number of alkyl halides is 6. The molecule has 2 amide bonds. The molecule has 0 atom stereocenters. The van der Waals surface area contributed by atoms with E-state index in [4.69, 9.17) is 0 Å². The largest absolute Gasteiger partial charge is 0.468 e. The number of aromatic nitrogens is 2. The van der Waals surface area contributed by atoms with E-state index in [-0.39, 0.29) is 6.54 Å². The lowest BCUT2D eigenvalue weighted by molar-refractivity contribution is -0.154. The predicted octanol–water partition coefficient (Wildman–Crippen LogP) is 5.74. The first kappa shape index (κ1) is 26.5. The Bertz CT molecular complexity index is 935. The zero-order valence-corrected chi connectivity index (χ0v) is 18.9. The van der Waals surface area contributed by atoms with Gasteiger partial charge in [-0.1, -0.05) is 22.9 Å². The highest BCUT2D eigenvalue weighted by Gasteiger charge is 2.30. The lowest BCUT2D eigenvalue weighted by atomic mass is 10.1. The van der Waals surface area contributed by atoms with Gasteiger partial charge in [0.2, 0.25) is 17.7 Å². The number of nitrogens with zero attached hydrogens (tertiary/aromatic N) is 3. The van der Waals surface area contributed by atoms with Gasteiger partial charge in [0, 0.05) is 16.7 Å². The van der Waals surface area contributed by atoms with Crippen molar-refractivity contribution in [3.8, 4) is 11.8 Å². The van der Waals surface area contributed by atoms with E-state index in [9.17, 15) is 31.1 Å². The third-order valence-corrected chi connectivity index (χ3v) is 4.43. The second-order valence-electron chi connectivity index (χ2n) is 6.48. The van der Waals surface area contributed by atoms with Crippen molar-refractivity contribution < 1.29 is 40.6 Å². The van der Waals surface area contributed by atoms with Crippen LogP contribution in [0.25, 0.3) is 0 Å². The van der Waals surface area contributed by atoms with Gasteiger partial charge in [-0.05, 0) is 37.1 Å². The van der Waals surface area contributed by atoms with Crippen molar-refractivity contribution in [3.05, 3.63) is 34.3 Å². The summed E-state index contributed by atoms with van der Waals surface area (Å²) in [5.41, 5.74) is 1.37. The van der Waals surface area contributed by atoms with E-state index in [0.29, 0.717) is 18.2 Å². The van der Waals surface area contributed by atoms with E-state index in [2.05, 4.69) is 40.7 Å². The van der Waals surface area contributed by atoms with Gasteiger partial charge in [-0.2, -0.15) is 36.3 Å². The average Bonchev–Trinajstić information content (AvgIpc) is 2.71. The zero-order chi connectivity index (χ0) is 24.8. The van der Waals surface area contributed by atoms with Crippen LogP contribution in [0.15, 0.2) is 28.7 Å². The van der Waals surface area contributed by atoms with Crippen molar-refractivity contribution in [2.45, 2.75) is 32.6 Å². The number of anilines is 2. The van der Waals surface area contributed by atoms with Gasteiger partial charge in [-0.3, -0.25) is 10.2 Å². The predicted molar refractivity (Wildman–Crippen MR) is 111 cm³/mol. The smallest absolute Gasteiger partial charge is 0.422 e. The first-order valence-corrected chi connectivity index (χ1v) is 10.3. The maximum Gasteiger partial charge on any atom is 0.422 e. The van der Waals surface area contributed by atoms with Crippen molar-refractivity contribution in [2.75, 3.05) is 30.0 Å². The highest BCUT2D eigenvalue weighted by Crippen LogP contribution is 2.27. The molecule has 0 aliphatic rings. The first-order chi connectivity index (χ1) is 15.3. The Hall–Kier alpha value is -2.77. The summed E-state index contributed by atoms with van der Waals surface area (Å²) in [5, 5.41) is 2.26. The van der Waals surface area contributed by atoms with Gasteiger partial charge >= 0.3 is 18.4 Å². The fraction of sp³-hybridized carbons (Fsp3) is 0.421. The van der Waals surface area contributed by atoms with Crippen LogP contribution in [0.1, 0.15) is 19.4 Å². The van der Waals surface area contributed by atoms with Crippen LogP contribution in [0.5, 0.6) is 11.8 Å². The summed E-state index contributed by atoms with van der Waals surface area (Å²) in [7, 11) is 0. The van der Waals surface area contributed by atoms with Gasteiger partial charge < -0.3 is 9.47 Å². The number of ether oxygens (including phenoxy) is 2. The third kappa shape index (κ3) is 8.59. The molecule has 0 unspecified atom stereocenters. The Morgan fingerprint density at radius 1 is 1.00 bits per heavy atom. The SMILES string of the molecule is CCc1cc(Br)ccc1N(CC)C(=O)Nc1nc(OCC(F)(F)F)cc(OCC(F)(F)F)n1. The van der Waals surface area contributed by atoms with Crippen LogP contribution in [-0.4, -0.2) is 48.1 Å². The van der Waals surface area contributed by atoms with E-state index in [1.165, 1.54) is 4.90 Å². The molecule has 0 radical (unpaired) electrons. The van der Waals surface area contributed by atoms with Gasteiger partial charge in [0.15, 0.2) is 13.2 Å². The van der Waals surface area contributed by atoms with Crippen molar-refractivity contribution in [3.63, 3.8) is 0 Å². The molecule has 0 fully saturated rings. The van der Waals surface area contributed by atoms with Gasteiger partial charge in [-0.25, -0.2) is 4.79 Å². The van der Waals surface area contributed by atoms with E-state index in [0.717, 1.165) is 10.0 Å². The fourth-order valence-electron chi connectivity index (χ4n) is 2.61. The molecule has 1 N–H and O–H groups in total. The number of carbonyl (C=O) groups is 1. The summed E-state index contributed by atoms with van der Waals surface area (Å²) in [4.78, 5) is 21.4. The Morgan fingerprint density at radius 2 is 1.55 bits per heavy atom. The molecule has 0 saturated heterocycles. The van der Waals surface area contributed by atoms with Crippen LogP contribution >= 0.6 is 15.9 Å². The maximum absolute atomic E-state index is 12.8. The number of nitrogens with one attached hydrogen (secondary N) is 1. The molecule has 0 spiro atoms. The van der Waals surface area contributed by atoms with Crippen LogP contribution in [-0.2, 0) is 6.42 Å². The van der Waals surface area contributed by atoms with Gasteiger partial charge in [0.25, 0.3) is 0 Å². The number of halogens is 7.